The predicted octanol–water partition coefficient (Wildman–Crippen LogP) is 3.01. The van der Waals surface area contributed by atoms with E-state index in [-0.39, 0.29) is 11.7 Å². The van der Waals surface area contributed by atoms with Crippen LogP contribution in [0, 0.1) is 17.2 Å². The van der Waals surface area contributed by atoms with E-state index in [0.29, 0.717) is 29.0 Å². The number of carbonyl (C=O) groups is 1. The van der Waals surface area contributed by atoms with Crippen LogP contribution < -0.4 is 4.74 Å². The molecule has 0 aliphatic carbocycles. The van der Waals surface area contributed by atoms with Crippen LogP contribution in [0.3, 0.4) is 0 Å². The van der Waals surface area contributed by atoms with Crippen molar-refractivity contribution in [1.29, 1.82) is 5.26 Å². The lowest BCUT2D eigenvalue weighted by atomic mass is 9.76. The zero-order chi connectivity index (χ0) is 15.7. The van der Waals surface area contributed by atoms with E-state index in [0.717, 1.165) is 12.8 Å². The van der Waals surface area contributed by atoms with Crippen molar-refractivity contribution in [3.63, 3.8) is 0 Å². The molecule has 4 heteroatoms. The lowest BCUT2D eigenvalue weighted by Gasteiger charge is -2.46. The quantitative estimate of drug-likeness (QED) is 0.805. The van der Waals surface area contributed by atoms with Gasteiger partial charge in [-0.1, -0.05) is 6.42 Å². The van der Waals surface area contributed by atoms with Crippen LogP contribution in [0.5, 0.6) is 5.75 Å². The number of piperidine rings is 2. The molecule has 4 nitrogen and oxygen atoms in total. The Kier molecular flexibility index (Phi) is 4.17. The number of methoxy groups -OCH3 is 1. The number of fused-ring (bicyclic) bond motifs is 2. The van der Waals surface area contributed by atoms with E-state index in [9.17, 15) is 4.79 Å². The molecule has 2 aliphatic rings. The van der Waals surface area contributed by atoms with Crippen LogP contribution >= 0.6 is 0 Å². The first-order valence-corrected chi connectivity index (χ1v) is 7.98. The Morgan fingerprint density at radius 2 is 2.00 bits per heavy atom. The van der Waals surface area contributed by atoms with Crippen molar-refractivity contribution >= 4 is 5.78 Å². The van der Waals surface area contributed by atoms with E-state index in [1.54, 1.807) is 18.2 Å². The van der Waals surface area contributed by atoms with Crippen LogP contribution in [0.1, 0.15) is 48.0 Å². The topological polar surface area (TPSA) is 53.3 Å². The fourth-order valence-corrected chi connectivity index (χ4v) is 4.00. The summed E-state index contributed by atoms with van der Waals surface area (Å²) in [4.78, 5) is 15.3. The highest BCUT2D eigenvalue weighted by Crippen LogP contribution is 2.37. The number of nitrogens with zero attached hydrogens (tertiary/aromatic N) is 2. The van der Waals surface area contributed by atoms with Gasteiger partial charge in [-0.3, -0.25) is 4.79 Å². The zero-order valence-electron chi connectivity index (χ0n) is 13.2. The molecule has 0 spiro atoms. The molecule has 0 saturated carbocycles. The molecule has 116 valence electrons. The van der Waals surface area contributed by atoms with Crippen LogP contribution in [0.4, 0.5) is 0 Å². The van der Waals surface area contributed by atoms with Crippen molar-refractivity contribution in [3.05, 3.63) is 29.3 Å². The summed E-state index contributed by atoms with van der Waals surface area (Å²) >= 11 is 0. The van der Waals surface area contributed by atoms with Gasteiger partial charge in [0.1, 0.15) is 11.8 Å². The summed E-state index contributed by atoms with van der Waals surface area (Å²) < 4.78 is 5.22. The second-order valence-electron chi connectivity index (χ2n) is 6.46. The van der Waals surface area contributed by atoms with Crippen molar-refractivity contribution in [1.82, 2.24) is 4.90 Å². The lowest BCUT2D eigenvalue weighted by Crippen LogP contribution is -2.51. The Bertz CT molecular complexity index is 606. The van der Waals surface area contributed by atoms with E-state index >= 15 is 0 Å². The normalized spacial score (nSPS) is 28.0. The highest BCUT2D eigenvalue weighted by Gasteiger charge is 2.38. The standard InChI is InChI=1S/C18H22N2O2/c1-20-15-4-3-5-16(20)9-14(8-15)18(21)12-6-7-13(11-19)17(10-12)22-2/h6-7,10,14-16H,3-5,8-9H2,1-2H3. The second-order valence-corrected chi connectivity index (χ2v) is 6.46. The average Bonchev–Trinajstić information content (AvgIpc) is 2.53. The van der Waals surface area contributed by atoms with Crippen LogP contribution in [-0.2, 0) is 0 Å². The van der Waals surface area contributed by atoms with Gasteiger partial charge in [0.15, 0.2) is 5.78 Å². The summed E-state index contributed by atoms with van der Waals surface area (Å²) in [7, 11) is 3.73. The third-order valence-electron chi connectivity index (χ3n) is 5.32. The number of rotatable bonds is 3. The smallest absolute Gasteiger partial charge is 0.166 e. The van der Waals surface area contributed by atoms with Gasteiger partial charge in [-0.25, -0.2) is 0 Å². The Morgan fingerprint density at radius 1 is 1.32 bits per heavy atom. The molecule has 2 aliphatic heterocycles. The Hall–Kier alpha value is -1.86. The van der Waals surface area contributed by atoms with Gasteiger partial charge >= 0.3 is 0 Å². The van der Waals surface area contributed by atoms with Gasteiger partial charge in [-0.05, 0) is 50.9 Å². The molecular formula is C18H22N2O2. The van der Waals surface area contributed by atoms with E-state index in [4.69, 9.17) is 10.00 Å². The third kappa shape index (κ3) is 2.62. The van der Waals surface area contributed by atoms with Crippen molar-refractivity contribution < 1.29 is 9.53 Å². The molecule has 2 fully saturated rings. The number of hydrogen-bond acceptors (Lipinski definition) is 4. The van der Waals surface area contributed by atoms with Crippen LogP contribution in [0.2, 0.25) is 0 Å². The minimum atomic E-state index is 0.101. The van der Waals surface area contributed by atoms with Gasteiger partial charge in [-0.2, -0.15) is 5.26 Å². The molecule has 0 aromatic heterocycles. The molecule has 0 radical (unpaired) electrons. The number of hydrogen-bond donors (Lipinski definition) is 0. The van der Waals surface area contributed by atoms with Gasteiger partial charge in [0.2, 0.25) is 0 Å². The monoisotopic (exact) mass is 298 g/mol. The number of ether oxygens (including phenoxy) is 1. The summed E-state index contributed by atoms with van der Waals surface area (Å²) in [5.74, 6) is 0.790. The maximum atomic E-state index is 12.8. The van der Waals surface area contributed by atoms with Crippen LogP contribution in [0.25, 0.3) is 0 Å². The molecule has 22 heavy (non-hydrogen) atoms. The van der Waals surface area contributed by atoms with E-state index < -0.39 is 0 Å². The van der Waals surface area contributed by atoms with E-state index in [1.807, 2.05) is 0 Å². The number of benzene rings is 1. The summed E-state index contributed by atoms with van der Waals surface area (Å²) in [6.45, 7) is 0. The number of Topliss-reactive ketones (excluding diaryl/α,β-unsaturated/α-hetero) is 1. The first-order chi connectivity index (χ1) is 10.6. The predicted molar refractivity (Wildman–Crippen MR) is 84.0 cm³/mol. The molecule has 2 atom stereocenters. The summed E-state index contributed by atoms with van der Waals surface area (Å²) in [5, 5.41) is 9.05. The highest BCUT2D eigenvalue weighted by atomic mass is 16.5. The fraction of sp³-hybridized carbons (Fsp3) is 0.556. The first kappa shape index (κ1) is 15.1. The number of nitriles is 1. The van der Waals surface area contributed by atoms with Crippen molar-refractivity contribution in [2.24, 2.45) is 5.92 Å². The molecule has 2 heterocycles. The van der Waals surface area contributed by atoms with Gasteiger partial charge in [0.25, 0.3) is 0 Å². The third-order valence-corrected chi connectivity index (χ3v) is 5.32. The minimum absolute atomic E-state index is 0.101. The maximum absolute atomic E-state index is 12.8. The summed E-state index contributed by atoms with van der Waals surface area (Å²) in [6.07, 6.45) is 5.59. The van der Waals surface area contributed by atoms with Crippen molar-refractivity contribution in [2.45, 2.75) is 44.2 Å². The molecule has 2 unspecified atom stereocenters. The SMILES string of the molecule is COc1cc(C(=O)C2CC3CCCC(C2)N3C)ccc1C#N. The van der Waals surface area contributed by atoms with Gasteiger partial charge < -0.3 is 9.64 Å². The maximum Gasteiger partial charge on any atom is 0.166 e. The second kappa shape index (κ2) is 6.10. The van der Waals surface area contributed by atoms with Gasteiger partial charge in [0.05, 0.1) is 12.7 Å². The molecule has 2 bridgehead atoms. The molecule has 1 aromatic rings. The average molecular weight is 298 g/mol. The zero-order valence-corrected chi connectivity index (χ0v) is 13.2. The largest absolute Gasteiger partial charge is 0.495 e. The van der Waals surface area contributed by atoms with E-state index in [2.05, 4.69) is 18.0 Å². The molecule has 0 amide bonds. The molecule has 0 N–H and O–H groups in total. The summed E-state index contributed by atoms with van der Waals surface area (Å²) in [6, 6.07) is 8.33. The highest BCUT2D eigenvalue weighted by molar-refractivity contribution is 5.98. The molecule has 1 aromatic carbocycles. The fourth-order valence-electron chi connectivity index (χ4n) is 4.00. The van der Waals surface area contributed by atoms with Gasteiger partial charge in [0, 0.05) is 23.6 Å². The minimum Gasteiger partial charge on any atom is -0.495 e. The number of ketones is 1. The Morgan fingerprint density at radius 3 is 2.59 bits per heavy atom. The van der Waals surface area contributed by atoms with Crippen molar-refractivity contribution in [2.75, 3.05) is 14.2 Å². The molecule has 2 saturated heterocycles. The lowest BCUT2D eigenvalue weighted by molar-refractivity contribution is 0.0338. The number of carbonyl (C=O) groups excluding carboxylic acids is 1. The van der Waals surface area contributed by atoms with Crippen LogP contribution in [-0.4, -0.2) is 36.9 Å². The van der Waals surface area contributed by atoms with E-state index in [1.165, 1.54) is 26.4 Å². The van der Waals surface area contributed by atoms with Gasteiger partial charge in [-0.15, -0.1) is 0 Å². The molecule has 3 rings (SSSR count). The van der Waals surface area contributed by atoms with Crippen LogP contribution in [0.15, 0.2) is 18.2 Å². The summed E-state index contributed by atoms with van der Waals surface area (Å²) in [5.41, 5.74) is 1.14. The van der Waals surface area contributed by atoms with Crippen molar-refractivity contribution in [3.8, 4) is 11.8 Å². The Balaban J connectivity index is 1.81. The first-order valence-electron chi connectivity index (χ1n) is 7.98. The Labute approximate surface area is 131 Å². The molecular weight excluding hydrogens is 276 g/mol.